The fraction of sp³-hybridized carbons (Fsp3) is 0.714. The number of aromatic nitrogens is 2. The number of nitrogens with one attached hydrogen (secondary N) is 2. The maximum Gasteiger partial charge on any atom is 0.135 e. The van der Waals surface area contributed by atoms with Crippen LogP contribution in [-0.4, -0.2) is 45.5 Å². The van der Waals surface area contributed by atoms with Gasteiger partial charge >= 0.3 is 0 Å². The van der Waals surface area contributed by atoms with Crippen LogP contribution in [0, 0.1) is 6.92 Å². The van der Waals surface area contributed by atoms with E-state index in [1.54, 1.807) is 0 Å². The highest BCUT2D eigenvalue weighted by molar-refractivity contribution is 5.58. The number of aliphatic hydroxyl groups is 2. The highest BCUT2D eigenvalue weighted by Crippen LogP contribution is 2.24. The first-order valence-electron chi connectivity index (χ1n) is 7.17. The molecule has 0 amide bonds. The van der Waals surface area contributed by atoms with Crippen molar-refractivity contribution in [3.63, 3.8) is 0 Å². The summed E-state index contributed by atoms with van der Waals surface area (Å²) >= 11 is 0. The van der Waals surface area contributed by atoms with E-state index < -0.39 is 5.54 Å². The number of nitrogens with zero attached hydrogens (tertiary/aromatic N) is 2. The highest BCUT2D eigenvalue weighted by atomic mass is 16.3. The van der Waals surface area contributed by atoms with E-state index in [1.807, 2.05) is 27.7 Å². The van der Waals surface area contributed by atoms with Crippen molar-refractivity contribution >= 4 is 11.6 Å². The summed E-state index contributed by atoms with van der Waals surface area (Å²) in [5.41, 5.74) is 0.136. The fourth-order valence-corrected chi connectivity index (χ4v) is 1.87. The van der Waals surface area contributed by atoms with Crippen LogP contribution in [0.25, 0.3) is 0 Å². The van der Waals surface area contributed by atoms with Gasteiger partial charge in [0.05, 0.1) is 18.8 Å². The molecule has 0 saturated heterocycles. The molecule has 0 bridgehead atoms. The van der Waals surface area contributed by atoms with Crippen molar-refractivity contribution < 1.29 is 10.2 Å². The first-order chi connectivity index (χ1) is 9.55. The molecule has 0 aromatic carbocycles. The van der Waals surface area contributed by atoms with Crippen LogP contribution in [0.2, 0.25) is 0 Å². The molecule has 1 aromatic rings. The Hall–Kier alpha value is -1.40. The molecule has 0 unspecified atom stereocenters. The number of hydrogen-bond donors (Lipinski definition) is 4. The predicted octanol–water partition coefficient (Wildman–Crippen LogP) is 1.32. The zero-order chi connectivity index (χ0) is 15.2. The molecule has 0 spiro atoms. The Morgan fingerprint density at radius 3 is 2.10 bits per heavy atom. The third-order valence-corrected chi connectivity index (χ3v) is 3.52. The summed E-state index contributed by atoms with van der Waals surface area (Å²) in [7, 11) is 0. The maximum absolute atomic E-state index is 9.55. The monoisotopic (exact) mass is 282 g/mol. The summed E-state index contributed by atoms with van der Waals surface area (Å²) in [6.07, 6.45) is 1.33. The molecule has 0 fully saturated rings. The van der Waals surface area contributed by atoms with Crippen molar-refractivity contribution in [2.75, 3.05) is 30.4 Å². The van der Waals surface area contributed by atoms with Crippen LogP contribution in [0.5, 0.6) is 0 Å². The minimum absolute atomic E-state index is 0.151. The summed E-state index contributed by atoms with van der Waals surface area (Å²) in [5, 5.41) is 25.5. The number of hydrogen-bond acceptors (Lipinski definition) is 6. The summed E-state index contributed by atoms with van der Waals surface area (Å²) in [4.78, 5) is 8.94. The number of rotatable bonds is 8. The van der Waals surface area contributed by atoms with Gasteiger partial charge in [0.25, 0.3) is 0 Å². The lowest BCUT2D eigenvalue weighted by atomic mass is 9.98. The highest BCUT2D eigenvalue weighted by Gasteiger charge is 2.28. The molecule has 20 heavy (non-hydrogen) atoms. The summed E-state index contributed by atoms with van der Waals surface area (Å²) in [6, 6.07) is 0. The fourth-order valence-electron chi connectivity index (χ4n) is 1.87. The number of aliphatic hydroxyl groups excluding tert-OH is 2. The van der Waals surface area contributed by atoms with E-state index in [2.05, 4.69) is 20.6 Å². The van der Waals surface area contributed by atoms with Crippen LogP contribution in [0.1, 0.15) is 38.6 Å². The van der Waals surface area contributed by atoms with Gasteiger partial charge in [0, 0.05) is 18.5 Å². The normalized spacial score (nSPS) is 11.5. The van der Waals surface area contributed by atoms with Crippen LogP contribution in [-0.2, 0) is 6.42 Å². The van der Waals surface area contributed by atoms with Gasteiger partial charge < -0.3 is 20.8 Å². The Morgan fingerprint density at radius 2 is 1.65 bits per heavy atom. The standard InChI is InChI=1S/C14H26N4O2/c1-5-11-16-12(15-7-3)10(4)13(17-11)18-14(6-2,8-19)9-20/h19-20H,5-9H2,1-4H3,(H2,15,16,17,18). The smallest absolute Gasteiger partial charge is 0.135 e. The third-order valence-electron chi connectivity index (χ3n) is 3.52. The summed E-state index contributed by atoms with van der Waals surface area (Å²) in [6.45, 7) is 8.33. The Balaban J connectivity index is 3.19. The van der Waals surface area contributed by atoms with Crippen molar-refractivity contribution in [1.29, 1.82) is 0 Å². The molecular weight excluding hydrogens is 256 g/mol. The van der Waals surface area contributed by atoms with Crippen molar-refractivity contribution in [1.82, 2.24) is 9.97 Å². The summed E-state index contributed by atoms with van der Waals surface area (Å²) in [5.74, 6) is 2.19. The lowest BCUT2D eigenvalue weighted by Gasteiger charge is -2.31. The van der Waals surface area contributed by atoms with Crippen LogP contribution in [0.4, 0.5) is 11.6 Å². The molecule has 0 aliphatic rings. The minimum Gasteiger partial charge on any atom is -0.394 e. The molecular formula is C14H26N4O2. The van der Waals surface area contributed by atoms with E-state index >= 15 is 0 Å². The van der Waals surface area contributed by atoms with E-state index in [0.29, 0.717) is 12.2 Å². The molecule has 1 heterocycles. The van der Waals surface area contributed by atoms with Crippen LogP contribution in [0.3, 0.4) is 0 Å². The van der Waals surface area contributed by atoms with E-state index in [0.717, 1.165) is 30.2 Å². The Kier molecular flexibility index (Phi) is 6.16. The molecule has 114 valence electrons. The second kappa shape index (κ2) is 7.40. The first-order valence-corrected chi connectivity index (χ1v) is 7.17. The van der Waals surface area contributed by atoms with Crippen LogP contribution in [0.15, 0.2) is 0 Å². The summed E-state index contributed by atoms with van der Waals surface area (Å²) < 4.78 is 0. The van der Waals surface area contributed by atoms with E-state index in [-0.39, 0.29) is 13.2 Å². The van der Waals surface area contributed by atoms with Gasteiger partial charge in [-0.25, -0.2) is 9.97 Å². The van der Waals surface area contributed by atoms with Gasteiger partial charge in [-0.1, -0.05) is 13.8 Å². The van der Waals surface area contributed by atoms with Gasteiger partial charge in [-0.3, -0.25) is 0 Å². The molecule has 6 nitrogen and oxygen atoms in total. The quantitative estimate of drug-likeness (QED) is 0.575. The maximum atomic E-state index is 9.55. The van der Waals surface area contributed by atoms with Gasteiger partial charge in [0.1, 0.15) is 17.5 Å². The second-order valence-electron chi connectivity index (χ2n) is 4.92. The van der Waals surface area contributed by atoms with Gasteiger partial charge in [0.2, 0.25) is 0 Å². The number of anilines is 2. The second-order valence-corrected chi connectivity index (χ2v) is 4.92. The van der Waals surface area contributed by atoms with Gasteiger partial charge in [-0.2, -0.15) is 0 Å². The van der Waals surface area contributed by atoms with Crippen molar-refractivity contribution in [3.8, 4) is 0 Å². The predicted molar refractivity (Wildman–Crippen MR) is 81.1 cm³/mol. The zero-order valence-corrected chi connectivity index (χ0v) is 12.8. The lowest BCUT2D eigenvalue weighted by Crippen LogP contribution is -2.45. The molecule has 0 atom stereocenters. The van der Waals surface area contributed by atoms with Gasteiger partial charge in [-0.15, -0.1) is 0 Å². The Morgan fingerprint density at radius 1 is 1.05 bits per heavy atom. The average Bonchev–Trinajstić information content (AvgIpc) is 2.48. The van der Waals surface area contributed by atoms with Crippen molar-refractivity contribution in [3.05, 3.63) is 11.4 Å². The van der Waals surface area contributed by atoms with E-state index in [9.17, 15) is 10.2 Å². The van der Waals surface area contributed by atoms with E-state index in [1.165, 1.54) is 0 Å². The number of aryl methyl sites for hydroxylation is 1. The van der Waals surface area contributed by atoms with Crippen molar-refractivity contribution in [2.45, 2.75) is 46.1 Å². The Labute approximate surface area is 120 Å². The molecule has 0 aliphatic carbocycles. The van der Waals surface area contributed by atoms with Crippen molar-refractivity contribution in [2.24, 2.45) is 0 Å². The average molecular weight is 282 g/mol. The molecule has 0 saturated carbocycles. The topological polar surface area (TPSA) is 90.3 Å². The lowest BCUT2D eigenvalue weighted by molar-refractivity contribution is 0.132. The largest absolute Gasteiger partial charge is 0.394 e. The first kappa shape index (κ1) is 16.7. The minimum atomic E-state index is -0.756. The van der Waals surface area contributed by atoms with Gasteiger partial charge in [-0.05, 0) is 20.3 Å². The van der Waals surface area contributed by atoms with Gasteiger partial charge in [0.15, 0.2) is 0 Å². The molecule has 1 rings (SSSR count). The Bertz CT molecular complexity index is 425. The zero-order valence-electron chi connectivity index (χ0n) is 12.8. The third kappa shape index (κ3) is 3.58. The molecule has 0 aliphatic heterocycles. The molecule has 0 radical (unpaired) electrons. The van der Waals surface area contributed by atoms with Crippen LogP contribution < -0.4 is 10.6 Å². The molecule has 6 heteroatoms. The molecule has 1 aromatic heterocycles. The van der Waals surface area contributed by atoms with Crippen LogP contribution >= 0.6 is 0 Å². The van der Waals surface area contributed by atoms with E-state index in [4.69, 9.17) is 0 Å². The molecule has 4 N–H and O–H groups in total. The SMILES string of the molecule is CCNc1nc(CC)nc(NC(CC)(CO)CO)c1C.